The number of alkyl halides is 3. The highest BCUT2D eigenvalue weighted by molar-refractivity contribution is 6.33. The highest BCUT2D eigenvalue weighted by Gasteiger charge is 2.32. The molecular weight excluding hydrogens is 359 g/mol. The lowest BCUT2D eigenvalue weighted by atomic mass is 10.0. The summed E-state index contributed by atoms with van der Waals surface area (Å²) >= 11 is 5.89. The predicted molar refractivity (Wildman–Crippen MR) is 86.8 cm³/mol. The van der Waals surface area contributed by atoms with Crippen LogP contribution in [0.5, 0.6) is 0 Å². The number of rotatable bonds is 5. The van der Waals surface area contributed by atoms with Crippen molar-refractivity contribution in [1.82, 2.24) is 0 Å². The molecule has 0 fully saturated rings. The van der Waals surface area contributed by atoms with Crippen LogP contribution in [-0.2, 0) is 17.4 Å². The molecule has 0 unspecified atom stereocenters. The molecule has 0 bridgehead atoms. The summed E-state index contributed by atoms with van der Waals surface area (Å²) in [4.78, 5) is 22.9. The number of amides is 1. The van der Waals surface area contributed by atoms with Gasteiger partial charge in [-0.3, -0.25) is 4.79 Å². The van der Waals surface area contributed by atoms with E-state index in [1.807, 2.05) is 0 Å². The molecule has 1 amide bonds. The molecule has 0 aliphatic rings. The molecule has 25 heavy (non-hydrogen) atoms. The first kappa shape index (κ1) is 18.8. The molecule has 0 aliphatic carbocycles. The average molecular weight is 372 g/mol. The number of benzene rings is 2. The van der Waals surface area contributed by atoms with Crippen LogP contribution in [0.4, 0.5) is 18.9 Å². The van der Waals surface area contributed by atoms with Crippen molar-refractivity contribution in [3.63, 3.8) is 0 Å². The van der Waals surface area contributed by atoms with Gasteiger partial charge in [0.2, 0.25) is 5.91 Å². The molecule has 0 aliphatic heterocycles. The zero-order chi connectivity index (χ0) is 18.6. The topological polar surface area (TPSA) is 66.4 Å². The molecule has 2 rings (SSSR count). The molecule has 0 saturated heterocycles. The Morgan fingerprint density at radius 2 is 1.80 bits per heavy atom. The lowest BCUT2D eigenvalue weighted by Crippen LogP contribution is -2.15. The van der Waals surface area contributed by atoms with E-state index in [4.69, 9.17) is 16.7 Å². The number of nitrogens with one attached hydrogen (secondary N) is 1. The highest BCUT2D eigenvalue weighted by Crippen LogP contribution is 2.32. The third-order valence-corrected chi connectivity index (χ3v) is 3.76. The number of carboxylic acid groups (broad SMARTS) is 1. The Hall–Kier alpha value is -2.54. The maximum Gasteiger partial charge on any atom is 0.416 e. The van der Waals surface area contributed by atoms with E-state index in [-0.39, 0.29) is 34.7 Å². The van der Waals surface area contributed by atoms with E-state index < -0.39 is 23.6 Å². The number of carbonyl (C=O) groups excluding carboxylic acids is 1. The van der Waals surface area contributed by atoms with Gasteiger partial charge in [0.25, 0.3) is 0 Å². The molecule has 4 nitrogen and oxygen atoms in total. The molecule has 132 valence electrons. The second-order valence-electron chi connectivity index (χ2n) is 5.20. The largest absolute Gasteiger partial charge is 0.478 e. The van der Waals surface area contributed by atoms with Crippen molar-refractivity contribution in [2.24, 2.45) is 0 Å². The zero-order valence-corrected chi connectivity index (χ0v) is 13.5. The Morgan fingerprint density at radius 3 is 2.44 bits per heavy atom. The first-order valence-electron chi connectivity index (χ1n) is 7.16. The van der Waals surface area contributed by atoms with Gasteiger partial charge < -0.3 is 10.4 Å². The number of carboxylic acids is 1. The molecule has 8 heteroatoms. The first-order valence-corrected chi connectivity index (χ1v) is 7.54. The molecule has 0 spiro atoms. The van der Waals surface area contributed by atoms with Crippen LogP contribution < -0.4 is 5.32 Å². The van der Waals surface area contributed by atoms with Crippen LogP contribution in [0.1, 0.15) is 27.9 Å². The number of aryl methyl sites for hydroxylation is 1. The maximum absolute atomic E-state index is 12.9. The van der Waals surface area contributed by atoms with Gasteiger partial charge in [-0.25, -0.2) is 4.79 Å². The van der Waals surface area contributed by atoms with Gasteiger partial charge in [-0.05, 0) is 36.2 Å². The summed E-state index contributed by atoms with van der Waals surface area (Å²) in [7, 11) is 0. The second-order valence-corrected chi connectivity index (χ2v) is 5.61. The maximum atomic E-state index is 12.9. The van der Waals surface area contributed by atoms with Crippen LogP contribution in [0.3, 0.4) is 0 Å². The fraction of sp³-hybridized carbons (Fsp3) is 0.176. The minimum Gasteiger partial charge on any atom is -0.478 e. The van der Waals surface area contributed by atoms with E-state index in [9.17, 15) is 22.8 Å². The number of carbonyl (C=O) groups is 2. The van der Waals surface area contributed by atoms with Crippen molar-refractivity contribution >= 4 is 29.2 Å². The summed E-state index contributed by atoms with van der Waals surface area (Å²) in [5.74, 6) is -1.76. The fourth-order valence-electron chi connectivity index (χ4n) is 2.23. The summed E-state index contributed by atoms with van der Waals surface area (Å²) in [5.41, 5.74) is -0.748. The summed E-state index contributed by atoms with van der Waals surface area (Å²) in [5, 5.41) is 11.5. The van der Waals surface area contributed by atoms with E-state index in [1.54, 1.807) is 0 Å². The van der Waals surface area contributed by atoms with Crippen LogP contribution >= 0.6 is 11.6 Å². The molecular formula is C17H13ClF3NO3. The molecule has 2 aromatic carbocycles. The van der Waals surface area contributed by atoms with Crippen molar-refractivity contribution in [3.8, 4) is 0 Å². The van der Waals surface area contributed by atoms with Crippen LogP contribution in [0, 0.1) is 0 Å². The Bertz CT molecular complexity index is 806. The van der Waals surface area contributed by atoms with Crippen molar-refractivity contribution in [2.75, 3.05) is 5.32 Å². The van der Waals surface area contributed by atoms with Crippen molar-refractivity contribution < 1.29 is 27.9 Å². The Labute approximate surface area is 146 Å². The van der Waals surface area contributed by atoms with Gasteiger partial charge in [-0.1, -0.05) is 29.8 Å². The minimum atomic E-state index is -4.49. The summed E-state index contributed by atoms with van der Waals surface area (Å²) in [6.07, 6.45) is -4.81. The van der Waals surface area contributed by atoms with Gasteiger partial charge in [0, 0.05) is 6.42 Å². The van der Waals surface area contributed by atoms with Crippen LogP contribution in [0.15, 0.2) is 42.5 Å². The quantitative estimate of drug-likeness (QED) is 0.805. The van der Waals surface area contributed by atoms with E-state index in [2.05, 4.69) is 5.32 Å². The Kier molecular flexibility index (Phi) is 5.69. The van der Waals surface area contributed by atoms with Gasteiger partial charge in [0.1, 0.15) is 0 Å². The van der Waals surface area contributed by atoms with Gasteiger partial charge in [-0.2, -0.15) is 13.2 Å². The van der Waals surface area contributed by atoms with Crippen LogP contribution in [0.2, 0.25) is 5.02 Å². The second kappa shape index (κ2) is 7.57. The number of hydrogen-bond acceptors (Lipinski definition) is 2. The van der Waals surface area contributed by atoms with Gasteiger partial charge in [-0.15, -0.1) is 0 Å². The SMILES string of the molecule is O=C(CCc1ccccc1C(F)(F)F)Nc1cc(C(=O)O)ccc1Cl. The number of halogens is 4. The van der Waals surface area contributed by atoms with Crippen LogP contribution in [-0.4, -0.2) is 17.0 Å². The van der Waals surface area contributed by atoms with E-state index >= 15 is 0 Å². The van der Waals surface area contributed by atoms with Gasteiger partial charge in [0.05, 0.1) is 21.8 Å². The molecule has 2 aromatic rings. The third kappa shape index (κ3) is 4.96. The normalized spacial score (nSPS) is 11.2. The number of anilines is 1. The van der Waals surface area contributed by atoms with Gasteiger partial charge >= 0.3 is 12.1 Å². The minimum absolute atomic E-state index is 0.00975. The average Bonchev–Trinajstić information content (AvgIpc) is 2.54. The lowest BCUT2D eigenvalue weighted by molar-refractivity contribution is -0.138. The molecule has 0 saturated carbocycles. The van der Waals surface area contributed by atoms with E-state index in [1.165, 1.54) is 36.4 Å². The Balaban J connectivity index is 2.08. The summed E-state index contributed by atoms with van der Waals surface area (Å²) < 4.78 is 38.8. The monoisotopic (exact) mass is 371 g/mol. The predicted octanol–water partition coefficient (Wildman–Crippen LogP) is 4.63. The van der Waals surface area contributed by atoms with E-state index in [0.29, 0.717) is 0 Å². The molecule has 0 heterocycles. The zero-order valence-electron chi connectivity index (χ0n) is 12.7. The summed E-state index contributed by atoms with van der Waals surface area (Å²) in [6.45, 7) is 0. The molecule has 0 atom stereocenters. The molecule has 2 N–H and O–H groups in total. The van der Waals surface area contributed by atoms with Crippen molar-refractivity contribution in [1.29, 1.82) is 0 Å². The molecule has 0 aromatic heterocycles. The van der Waals surface area contributed by atoms with Crippen LogP contribution in [0.25, 0.3) is 0 Å². The van der Waals surface area contributed by atoms with Gasteiger partial charge in [0.15, 0.2) is 0 Å². The summed E-state index contributed by atoms with van der Waals surface area (Å²) in [6, 6.07) is 8.81. The van der Waals surface area contributed by atoms with Crippen molar-refractivity contribution in [2.45, 2.75) is 19.0 Å². The van der Waals surface area contributed by atoms with Crippen molar-refractivity contribution in [3.05, 3.63) is 64.2 Å². The number of hydrogen-bond donors (Lipinski definition) is 2. The highest BCUT2D eigenvalue weighted by atomic mass is 35.5. The smallest absolute Gasteiger partial charge is 0.416 e. The third-order valence-electron chi connectivity index (χ3n) is 3.43. The first-order chi connectivity index (χ1) is 11.7. The molecule has 0 radical (unpaired) electrons. The fourth-order valence-corrected chi connectivity index (χ4v) is 2.39. The Morgan fingerprint density at radius 1 is 1.12 bits per heavy atom. The van der Waals surface area contributed by atoms with E-state index in [0.717, 1.165) is 6.07 Å². The number of aromatic carboxylic acids is 1. The standard InChI is InChI=1S/C17H13ClF3NO3/c18-13-7-5-11(16(24)25)9-14(13)22-15(23)8-6-10-3-1-2-4-12(10)17(19,20)21/h1-5,7,9H,6,8H2,(H,22,23)(H,24,25). The lowest BCUT2D eigenvalue weighted by Gasteiger charge is -2.13.